The van der Waals surface area contributed by atoms with Crippen LogP contribution < -0.4 is 10.6 Å². The average molecular weight is 237 g/mol. The van der Waals surface area contributed by atoms with Gasteiger partial charge >= 0.3 is 5.97 Å². The number of carbonyl (C=O) groups excluding carboxylic acids is 1. The van der Waals surface area contributed by atoms with Gasteiger partial charge in [-0.05, 0) is 18.6 Å². The van der Waals surface area contributed by atoms with Gasteiger partial charge in [0.05, 0.1) is 0 Å². The first-order valence-corrected chi connectivity index (χ1v) is 5.27. The van der Waals surface area contributed by atoms with Crippen LogP contribution >= 0.6 is 0 Å². The van der Waals surface area contributed by atoms with Crippen LogP contribution in [-0.4, -0.2) is 35.1 Å². The van der Waals surface area contributed by atoms with Crippen molar-refractivity contribution in [1.82, 2.24) is 4.98 Å². The number of rotatable bonds is 6. The van der Waals surface area contributed by atoms with E-state index >= 15 is 0 Å². The Bertz CT molecular complexity index is 420. The molecule has 0 aromatic carbocycles. The third-order valence-corrected chi connectivity index (χ3v) is 2.18. The molecule has 1 aromatic heterocycles. The fraction of sp³-hybridized carbons (Fsp3) is 0.364. The molecule has 0 aliphatic heterocycles. The van der Waals surface area contributed by atoms with Crippen LogP contribution in [0.3, 0.4) is 0 Å². The van der Waals surface area contributed by atoms with E-state index in [0.717, 1.165) is 6.42 Å². The molecule has 0 saturated carbocycles. The van der Waals surface area contributed by atoms with Gasteiger partial charge in [0.2, 0.25) is 0 Å². The Hall–Kier alpha value is -2.11. The number of carbonyl (C=O) groups is 2. The zero-order chi connectivity index (χ0) is 12.8. The molecule has 0 spiro atoms. The smallest absolute Gasteiger partial charge is 0.323 e. The van der Waals surface area contributed by atoms with Gasteiger partial charge in [0, 0.05) is 18.4 Å². The molecule has 6 nitrogen and oxygen atoms in total. The lowest BCUT2D eigenvalue weighted by Gasteiger charge is -2.22. The summed E-state index contributed by atoms with van der Waals surface area (Å²) in [7, 11) is 0. The van der Waals surface area contributed by atoms with E-state index in [1.807, 2.05) is 6.92 Å². The number of hydrogen-bond donors (Lipinski definition) is 2. The Morgan fingerprint density at radius 2 is 2.24 bits per heavy atom. The number of anilines is 1. The molecule has 92 valence electrons. The summed E-state index contributed by atoms with van der Waals surface area (Å²) in [6, 6.07) is 3.16. The van der Waals surface area contributed by atoms with Gasteiger partial charge in [-0.3, -0.25) is 14.6 Å². The second-order valence-electron chi connectivity index (χ2n) is 3.58. The number of pyridine rings is 1. The Balaban J connectivity index is 2.96. The molecule has 1 amide bonds. The quantitative estimate of drug-likeness (QED) is 0.750. The van der Waals surface area contributed by atoms with Crippen molar-refractivity contribution >= 4 is 17.6 Å². The van der Waals surface area contributed by atoms with Gasteiger partial charge in [-0.15, -0.1) is 0 Å². The number of carboxylic acids is 1. The van der Waals surface area contributed by atoms with Crippen LogP contribution in [0.5, 0.6) is 0 Å². The third-order valence-electron chi connectivity index (χ3n) is 2.18. The first-order chi connectivity index (χ1) is 8.04. The summed E-state index contributed by atoms with van der Waals surface area (Å²) >= 11 is 0. The molecular weight excluding hydrogens is 222 g/mol. The highest BCUT2D eigenvalue weighted by molar-refractivity contribution is 5.91. The van der Waals surface area contributed by atoms with Gasteiger partial charge in [0.15, 0.2) is 0 Å². The monoisotopic (exact) mass is 237 g/mol. The molecule has 1 rings (SSSR count). The minimum atomic E-state index is -0.920. The third kappa shape index (κ3) is 3.75. The molecule has 0 radical (unpaired) electrons. The zero-order valence-corrected chi connectivity index (χ0v) is 9.59. The minimum Gasteiger partial charge on any atom is -0.480 e. The van der Waals surface area contributed by atoms with Crippen LogP contribution in [0.15, 0.2) is 18.3 Å². The van der Waals surface area contributed by atoms with E-state index in [0.29, 0.717) is 12.2 Å². The molecule has 6 heteroatoms. The topological polar surface area (TPSA) is 96.5 Å². The highest BCUT2D eigenvalue weighted by atomic mass is 16.4. The zero-order valence-electron chi connectivity index (χ0n) is 9.59. The Kier molecular flexibility index (Phi) is 4.45. The highest BCUT2D eigenvalue weighted by Crippen LogP contribution is 2.14. The first-order valence-electron chi connectivity index (χ1n) is 5.27. The van der Waals surface area contributed by atoms with Crippen molar-refractivity contribution in [3.63, 3.8) is 0 Å². The summed E-state index contributed by atoms with van der Waals surface area (Å²) in [4.78, 5) is 27.2. The molecule has 0 aliphatic rings. The van der Waals surface area contributed by atoms with Crippen LogP contribution in [0.1, 0.15) is 23.8 Å². The molecule has 0 aliphatic carbocycles. The van der Waals surface area contributed by atoms with Gasteiger partial charge in [-0.25, -0.2) is 0 Å². The predicted molar refractivity (Wildman–Crippen MR) is 62.9 cm³/mol. The molecule has 1 aromatic rings. The minimum absolute atomic E-state index is 0.115. The second kappa shape index (κ2) is 5.83. The molecular formula is C11H15N3O3. The number of nitrogens with zero attached hydrogens (tertiary/aromatic N) is 2. The molecule has 0 saturated heterocycles. The van der Waals surface area contributed by atoms with E-state index < -0.39 is 11.9 Å². The number of primary amides is 1. The molecule has 17 heavy (non-hydrogen) atoms. The summed E-state index contributed by atoms with van der Waals surface area (Å²) < 4.78 is 0. The van der Waals surface area contributed by atoms with Gasteiger partial charge < -0.3 is 15.7 Å². The van der Waals surface area contributed by atoms with Crippen molar-refractivity contribution in [3.8, 4) is 0 Å². The predicted octanol–water partition coefficient (Wildman–Crippen LogP) is 0.481. The van der Waals surface area contributed by atoms with E-state index in [2.05, 4.69) is 4.98 Å². The number of nitrogens with two attached hydrogens (primary N) is 1. The van der Waals surface area contributed by atoms with Gasteiger partial charge in [-0.1, -0.05) is 6.92 Å². The largest absolute Gasteiger partial charge is 0.480 e. The van der Waals surface area contributed by atoms with Crippen molar-refractivity contribution in [2.45, 2.75) is 13.3 Å². The fourth-order valence-electron chi connectivity index (χ4n) is 1.48. The average Bonchev–Trinajstić information content (AvgIpc) is 2.28. The number of aromatic nitrogens is 1. The lowest BCUT2D eigenvalue weighted by atomic mass is 10.2. The molecule has 0 fully saturated rings. The Morgan fingerprint density at radius 1 is 1.53 bits per heavy atom. The highest BCUT2D eigenvalue weighted by Gasteiger charge is 2.11. The molecule has 0 unspecified atom stereocenters. The standard InChI is InChI=1S/C11H15N3O3/c1-2-5-14(7-10(15)16)8-3-4-13-9(6-8)11(12)17/h3-4,6H,2,5,7H2,1H3,(H2,12,17)(H,15,16). The maximum Gasteiger partial charge on any atom is 0.323 e. The molecule has 3 N–H and O–H groups in total. The molecule has 1 heterocycles. The lowest BCUT2D eigenvalue weighted by Crippen LogP contribution is -2.30. The first kappa shape index (κ1) is 13.0. The number of carboxylic acid groups (broad SMARTS) is 1. The van der Waals surface area contributed by atoms with Crippen LogP contribution in [-0.2, 0) is 4.79 Å². The second-order valence-corrected chi connectivity index (χ2v) is 3.58. The normalized spacial score (nSPS) is 9.94. The van der Waals surface area contributed by atoms with E-state index in [9.17, 15) is 9.59 Å². The summed E-state index contributed by atoms with van der Waals surface area (Å²) in [5, 5.41) is 8.80. The maximum atomic E-state index is 11.0. The number of amides is 1. The van der Waals surface area contributed by atoms with Gasteiger partial charge in [0.1, 0.15) is 12.2 Å². The van der Waals surface area contributed by atoms with Crippen molar-refractivity contribution in [2.75, 3.05) is 18.0 Å². The van der Waals surface area contributed by atoms with Crippen molar-refractivity contribution < 1.29 is 14.7 Å². The van der Waals surface area contributed by atoms with Crippen molar-refractivity contribution in [1.29, 1.82) is 0 Å². The SMILES string of the molecule is CCCN(CC(=O)O)c1ccnc(C(N)=O)c1. The van der Waals surface area contributed by atoms with Gasteiger partial charge in [0.25, 0.3) is 5.91 Å². The van der Waals surface area contributed by atoms with E-state index in [-0.39, 0.29) is 12.2 Å². The van der Waals surface area contributed by atoms with Crippen LogP contribution in [0.4, 0.5) is 5.69 Å². The van der Waals surface area contributed by atoms with Crippen LogP contribution in [0, 0.1) is 0 Å². The van der Waals surface area contributed by atoms with Crippen molar-refractivity contribution in [3.05, 3.63) is 24.0 Å². The summed E-state index contributed by atoms with van der Waals surface area (Å²) in [5.41, 5.74) is 5.89. The number of aliphatic carboxylic acids is 1. The van der Waals surface area contributed by atoms with E-state index in [4.69, 9.17) is 10.8 Å². The molecule has 0 atom stereocenters. The maximum absolute atomic E-state index is 11.0. The Labute approximate surface area is 99.1 Å². The van der Waals surface area contributed by atoms with E-state index in [1.54, 1.807) is 11.0 Å². The number of hydrogen-bond acceptors (Lipinski definition) is 4. The van der Waals surface area contributed by atoms with Crippen molar-refractivity contribution in [2.24, 2.45) is 5.73 Å². The van der Waals surface area contributed by atoms with Gasteiger partial charge in [-0.2, -0.15) is 0 Å². The van der Waals surface area contributed by atoms with Crippen LogP contribution in [0.25, 0.3) is 0 Å². The summed E-state index contributed by atoms with van der Waals surface area (Å²) in [6.45, 7) is 2.43. The van der Waals surface area contributed by atoms with E-state index in [1.165, 1.54) is 12.3 Å². The summed E-state index contributed by atoms with van der Waals surface area (Å²) in [5.74, 6) is -1.55. The molecule has 0 bridgehead atoms. The van der Waals surface area contributed by atoms with Crippen LogP contribution in [0.2, 0.25) is 0 Å². The fourth-order valence-corrected chi connectivity index (χ4v) is 1.48. The lowest BCUT2D eigenvalue weighted by molar-refractivity contribution is -0.135. The Morgan fingerprint density at radius 3 is 2.76 bits per heavy atom. The summed E-state index contributed by atoms with van der Waals surface area (Å²) in [6.07, 6.45) is 2.25.